The first-order valence-electron chi connectivity index (χ1n) is 8.55. The highest BCUT2D eigenvalue weighted by Gasteiger charge is 2.55. The number of aryl methyl sites for hydroxylation is 1. The minimum Gasteiger partial charge on any atom is -0.343 e. The molecule has 1 amide bonds. The molecule has 2 aliphatic heterocycles. The van der Waals surface area contributed by atoms with Crippen LogP contribution in [0.5, 0.6) is 0 Å². The third kappa shape index (κ3) is 2.74. The summed E-state index contributed by atoms with van der Waals surface area (Å²) in [7, 11) is 0. The molecule has 1 aliphatic carbocycles. The molecule has 3 fully saturated rings. The zero-order valence-corrected chi connectivity index (χ0v) is 14.7. The zero-order valence-electron chi connectivity index (χ0n) is 14.0. The minimum absolute atomic E-state index is 0.0760. The summed E-state index contributed by atoms with van der Waals surface area (Å²) < 4.78 is 14.3. The fourth-order valence-electron chi connectivity index (χ4n) is 4.20. The van der Waals surface area contributed by atoms with Crippen LogP contribution in [0.1, 0.15) is 40.4 Å². The topological polar surface area (TPSA) is 41.1 Å². The smallest absolute Gasteiger partial charge is 0.256 e. The van der Waals surface area contributed by atoms with Gasteiger partial charge in [0.2, 0.25) is 0 Å². The zero-order chi connectivity index (χ0) is 17.6. The van der Waals surface area contributed by atoms with Crippen LogP contribution in [0.15, 0.2) is 42.5 Å². The molecule has 0 radical (unpaired) electrons. The number of hydrogen-bond donors (Lipinski definition) is 2. The lowest BCUT2D eigenvalue weighted by molar-refractivity contribution is 0.0859. The van der Waals surface area contributed by atoms with Crippen molar-refractivity contribution < 1.29 is 9.18 Å². The fourth-order valence-corrected chi connectivity index (χ4v) is 4.44. The number of benzene rings is 2. The number of amides is 1. The summed E-state index contributed by atoms with van der Waals surface area (Å²) in [4.78, 5) is 12.9. The van der Waals surface area contributed by atoms with Crippen LogP contribution in [0.4, 0.5) is 4.39 Å². The number of halogens is 2. The van der Waals surface area contributed by atoms with Crippen LogP contribution in [-0.4, -0.2) is 18.0 Å². The van der Waals surface area contributed by atoms with E-state index in [1.165, 1.54) is 6.07 Å². The van der Waals surface area contributed by atoms with Gasteiger partial charge in [0.25, 0.3) is 5.91 Å². The van der Waals surface area contributed by atoms with Gasteiger partial charge in [0.15, 0.2) is 0 Å². The van der Waals surface area contributed by atoms with E-state index >= 15 is 0 Å². The van der Waals surface area contributed by atoms with Crippen LogP contribution in [0.2, 0.25) is 5.02 Å². The monoisotopic (exact) mass is 358 g/mol. The van der Waals surface area contributed by atoms with Gasteiger partial charge in [-0.25, -0.2) is 4.39 Å². The summed E-state index contributed by atoms with van der Waals surface area (Å²) in [6.07, 6.45) is 2.05. The maximum Gasteiger partial charge on any atom is 0.256 e. The molecule has 130 valence electrons. The van der Waals surface area contributed by atoms with E-state index in [0.717, 1.165) is 24.9 Å². The Morgan fingerprint density at radius 1 is 1.28 bits per heavy atom. The van der Waals surface area contributed by atoms with Crippen LogP contribution in [0, 0.1) is 18.7 Å². The van der Waals surface area contributed by atoms with Gasteiger partial charge >= 0.3 is 0 Å². The molecule has 5 rings (SSSR count). The Labute approximate surface area is 151 Å². The first kappa shape index (κ1) is 16.6. The van der Waals surface area contributed by atoms with E-state index in [0.29, 0.717) is 11.5 Å². The molecule has 2 aromatic carbocycles. The Kier molecular flexibility index (Phi) is 4.05. The average Bonchev–Trinajstić information content (AvgIpc) is 3.18. The van der Waals surface area contributed by atoms with Crippen molar-refractivity contribution in [3.05, 3.63) is 70.0 Å². The summed E-state index contributed by atoms with van der Waals surface area (Å²) in [6.45, 7) is 2.74. The number of nitrogens with one attached hydrogen (secondary N) is 2. The maximum absolute atomic E-state index is 14.3. The van der Waals surface area contributed by atoms with Crippen LogP contribution in [-0.2, 0) is 0 Å². The van der Waals surface area contributed by atoms with Gasteiger partial charge in [-0.2, -0.15) is 0 Å². The van der Waals surface area contributed by atoms with Crippen molar-refractivity contribution in [2.75, 3.05) is 6.54 Å². The summed E-state index contributed by atoms with van der Waals surface area (Å²) >= 11 is 6.21. The predicted molar refractivity (Wildman–Crippen MR) is 96.3 cm³/mol. The highest BCUT2D eigenvalue weighted by Crippen LogP contribution is 2.50. The Morgan fingerprint density at radius 3 is 2.64 bits per heavy atom. The first-order chi connectivity index (χ1) is 12.0. The van der Waals surface area contributed by atoms with Crippen molar-refractivity contribution in [3.8, 4) is 0 Å². The van der Waals surface area contributed by atoms with Crippen LogP contribution in [0.3, 0.4) is 0 Å². The summed E-state index contributed by atoms with van der Waals surface area (Å²) in [5.41, 5.74) is 1.49. The largest absolute Gasteiger partial charge is 0.343 e. The number of rotatable bonds is 4. The predicted octanol–water partition coefficient (Wildman–Crippen LogP) is 4.01. The molecule has 2 aromatic rings. The molecule has 1 atom stereocenters. The van der Waals surface area contributed by atoms with Crippen LogP contribution in [0.25, 0.3) is 0 Å². The third-order valence-corrected chi connectivity index (χ3v) is 6.01. The summed E-state index contributed by atoms with van der Waals surface area (Å²) in [6, 6.07) is 12.5. The molecule has 2 bridgehead atoms. The molecule has 0 aromatic heterocycles. The third-order valence-electron chi connectivity index (χ3n) is 5.52. The molecule has 1 saturated carbocycles. The lowest BCUT2D eigenvalue weighted by Gasteiger charge is -2.44. The van der Waals surface area contributed by atoms with Crippen molar-refractivity contribution in [1.82, 2.24) is 10.6 Å². The van der Waals surface area contributed by atoms with E-state index in [9.17, 15) is 9.18 Å². The van der Waals surface area contributed by atoms with Gasteiger partial charge in [0, 0.05) is 5.54 Å². The molecule has 5 heteroatoms. The molecule has 3 aliphatic rings. The second-order valence-electron chi connectivity index (χ2n) is 7.18. The van der Waals surface area contributed by atoms with Crippen molar-refractivity contribution >= 4 is 17.5 Å². The van der Waals surface area contributed by atoms with E-state index in [2.05, 4.69) is 10.6 Å². The average molecular weight is 359 g/mol. The molecule has 2 N–H and O–H groups in total. The summed E-state index contributed by atoms with van der Waals surface area (Å²) in [5, 5.41) is 6.79. The highest BCUT2D eigenvalue weighted by atomic mass is 35.5. The Bertz CT molecular complexity index is 812. The van der Waals surface area contributed by atoms with Crippen molar-refractivity contribution in [3.63, 3.8) is 0 Å². The lowest BCUT2D eigenvalue weighted by Crippen LogP contribution is -2.54. The quantitative estimate of drug-likeness (QED) is 0.867. The standard InChI is InChI=1S/C20H20ClFN2O/c1-12-7-8-15(22)16(17(12)21)19(25)24-18(14-5-3-2-4-6-14)20-9-13(10-20)11-23-20/h2-8,13,18,23H,9-11H2,1H3,(H,24,25). The minimum atomic E-state index is -0.594. The number of carbonyl (C=O) groups is 1. The van der Waals surface area contributed by atoms with Gasteiger partial charge in [-0.15, -0.1) is 0 Å². The lowest BCUT2D eigenvalue weighted by atomic mass is 9.67. The Hall–Kier alpha value is -1.91. The second-order valence-corrected chi connectivity index (χ2v) is 7.56. The molecule has 1 unspecified atom stereocenters. The summed E-state index contributed by atoms with van der Waals surface area (Å²) in [5.74, 6) is -0.391. The number of carbonyl (C=O) groups excluding carboxylic acids is 1. The van der Waals surface area contributed by atoms with Crippen molar-refractivity contribution in [1.29, 1.82) is 0 Å². The maximum atomic E-state index is 14.3. The van der Waals surface area contributed by atoms with Crippen LogP contribution < -0.4 is 10.6 Å². The molecular formula is C20H20ClFN2O. The highest BCUT2D eigenvalue weighted by molar-refractivity contribution is 6.34. The van der Waals surface area contributed by atoms with Crippen molar-refractivity contribution in [2.24, 2.45) is 5.92 Å². The van der Waals surface area contributed by atoms with E-state index in [1.807, 2.05) is 30.3 Å². The molecule has 2 heterocycles. The number of hydrogen-bond acceptors (Lipinski definition) is 2. The van der Waals surface area contributed by atoms with E-state index < -0.39 is 11.7 Å². The van der Waals surface area contributed by atoms with Gasteiger partial charge in [0.05, 0.1) is 16.6 Å². The second kappa shape index (κ2) is 6.11. The van der Waals surface area contributed by atoms with Gasteiger partial charge in [-0.1, -0.05) is 48.0 Å². The SMILES string of the molecule is Cc1ccc(F)c(C(=O)NC(c2ccccc2)C23CC(CN2)C3)c1Cl. The van der Waals surface area contributed by atoms with E-state index in [1.54, 1.807) is 13.0 Å². The van der Waals surface area contributed by atoms with Gasteiger partial charge in [-0.05, 0) is 49.4 Å². The first-order valence-corrected chi connectivity index (χ1v) is 8.93. The molecule has 0 spiro atoms. The normalized spacial score (nSPS) is 25.3. The Balaban J connectivity index is 1.68. The molecular weight excluding hydrogens is 339 g/mol. The number of fused-ring (bicyclic) bond motifs is 1. The van der Waals surface area contributed by atoms with Gasteiger partial charge < -0.3 is 10.6 Å². The van der Waals surface area contributed by atoms with Crippen molar-refractivity contribution in [2.45, 2.75) is 31.3 Å². The van der Waals surface area contributed by atoms with E-state index in [-0.39, 0.29) is 22.2 Å². The van der Waals surface area contributed by atoms with Crippen LogP contribution >= 0.6 is 11.6 Å². The van der Waals surface area contributed by atoms with E-state index in [4.69, 9.17) is 11.6 Å². The van der Waals surface area contributed by atoms with Gasteiger partial charge in [0.1, 0.15) is 5.82 Å². The molecule has 25 heavy (non-hydrogen) atoms. The molecule has 3 nitrogen and oxygen atoms in total. The fraction of sp³-hybridized carbons (Fsp3) is 0.350. The molecule has 2 saturated heterocycles. The van der Waals surface area contributed by atoms with Gasteiger partial charge in [-0.3, -0.25) is 4.79 Å². The Morgan fingerprint density at radius 2 is 2.00 bits per heavy atom.